The zero-order valence-corrected chi connectivity index (χ0v) is 8.81. The molecule has 0 N–H and O–H groups in total. The highest BCUT2D eigenvalue weighted by molar-refractivity contribution is 7.86. The largest absolute Gasteiger partial charge is 0.471 e. The molecule has 1 rings (SSSR count). The van der Waals surface area contributed by atoms with Crippen molar-refractivity contribution in [1.82, 2.24) is 4.90 Å². The summed E-state index contributed by atoms with van der Waals surface area (Å²) in [6.45, 7) is -0.346. The Hall–Kier alpha value is -0.860. The van der Waals surface area contributed by atoms with Crippen molar-refractivity contribution in [2.45, 2.75) is 12.6 Å². The first kappa shape index (κ1) is 13.2. The van der Waals surface area contributed by atoms with Gasteiger partial charge >= 0.3 is 22.3 Å². The molecule has 1 fully saturated rings. The zero-order valence-electron chi connectivity index (χ0n) is 8.00. The minimum absolute atomic E-state index is 0.0690. The molecule has 0 atom stereocenters. The number of carbonyl (C=O) groups is 1. The summed E-state index contributed by atoms with van der Waals surface area (Å²) < 4.78 is 67.9. The molecule has 0 aromatic carbocycles. The SMILES string of the molecule is O=C(N1CC(CCS(=O)(=O)F)C1)C(F)(F)F. The van der Waals surface area contributed by atoms with Gasteiger partial charge in [0.1, 0.15) is 0 Å². The van der Waals surface area contributed by atoms with Gasteiger partial charge in [0.25, 0.3) is 0 Å². The molecule has 0 aromatic heterocycles. The number of halogens is 4. The third kappa shape index (κ3) is 3.62. The van der Waals surface area contributed by atoms with Crippen molar-refractivity contribution in [2.24, 2.45) is 5.92 Å². The Labute approximate surface area is 89.4 Å². The van der Waals surface area contributed by atoms with Crippen LogP contribution in [-0.4, -0.2) is 44.2 Å². The van der Waals surface area contributed by atoms with Crippen LogP contribution in [0.4, 0.5) is 17.1 Å². The molecule has 0 radical (unpaired) electrons. The normalized spacial score (nSPS) is 18.4. The van der Waals surface area contributed by atoms with Gasteiger partial charge < -0.3 is 4.90 Å². The predicted molar refractivity (Wildman–Crippen MR) is 45.6 cm³/mol. The van der Waals surface area contributed by atoms with E-state index in [-0.39, 0.29) is 25.4 Å². The molecule has 0 unspecified atom stereocenters. The fourth-order valence-corrected chi connectivity index (χ4v) is 2.02. The minimum atomic E-state index is -4.91. The van der Waals surface area contributed by atoms with Crippen LogP contribution >= 0.6 is 0 Å². The maximum Gasteiger partial charge on any atom is 0.471 e. The maximum absolute atomic E-state index is 12.1. The molecule has 94 valence electrons. The zero-order chi connectivity index (χ0) is 12.6. The van der Waals surface area contributed by atoms with Crippen molar-refractivity contribution < 1.29 is 30.3 Å². The van der Waals surface area contributed by atoms with Crippen LogP contribution in [0.5, 0.6) is 0 Å². The van der Waals surface area contributed by atoms with E-state index in [4.69, 9.17) is 0 Å². The highest BCUT2D eigenvalue weighted by Crippen LogP contribution is 2.26. The summed E-state index contributed by atoms with van der Waals surface area (Å²) >= 11 is 0. The summed E-state index contributed by atoms with van der Waals surface area (Å²) in [7, 11) is -4.59. The number of carbonyl (C=O) groups excluding carboxylic acids is 1. The molecule has 9 heteroatoms. The Morgan fingerprint density at radius 3 is 2.19 bits per heavy atom. The van der Waals surface area contributed by atoms with Crippen LogP contribution in [0, 0.1) is 5.92 Å². The van der Waals surface area contributed by atoms with Gasteiger partial charge in [-0.1, -0.05) is 0 Å². The topological polar surface area (TPSA) is 54.5 Å². The summed E-state index contributed by atoms with van der Waals surface area (Å²) in [5.41, 5.74) is 0. The lowest BCUT2D eigenvalue weighted by atomic mass is 9.97. The van der Waals surface area contributed by atoms with Crippen LogP contribution in [-0.2, 0) is 15.0 Å². The quantitative estimate of drug-likeness (QED) is 0.556. The van der Waals surface area contributed by atoms with E-state index in [9.17, 15) is 30.3 Å². The number of hydrogen-bond acceptors (Lipinski definition) is 3. The van der Waals surface area contributed by atoms with Gasteiger partial charge in [-0.15, -0.1) is 3.89 Å². The number of hydrogen-bond donors (Lipinski definition) is 0. The molecule has 0 bridgehead atoms. The van der Waals surface area contributed by atoms with Gasteiger partial charge in [-0.2, -0.15) is 21.6 Å². The summed E-state index contributed by atoms with van der Waals surface area (Å²) in [6.07, 6.45) is -4.97. The molecule has 0 aromatic rings. The smallest absolute Gasteiger partial charge is 0.334 e. The Morgan fingerprint density at radius 1 is 1.31 bits per heavy atom. The first-order valence-electron chi connectivity index (χ1n) is 4.38. The number of likely N-dealkylation sites (tertiary alicyclic amines) is 1. The minimum Gasteiger partial charge on any atom is -0.334 e. The molecule has 0 spiro atoms. The molecular weight excluding hydrogens is 254 g/mol. The molecular formula is C7H9F4NO3S. The fraction of sp³-hybridized carbons (Fsp3) is 0.857. The summed E-state index contributed by atoms with van der Waals surface area (Å²) in [5, 5.41) is 0. The average molecular weight is 263 g/mol. The third-order valence-corrected chi connectivity index (χ3v) is 2.98. The average Bonchev–Trinajstić information content (AvgIpc) is 1.96. The van der Waals surface area contributed by atoms with E-state index in [1.807, 2.05) is 0 Å². The molecule has 1 saturated heterocycles. The molecule has 4 nitrogen and oxygen atoms in total. The number of rotatable bonds is 3. The number of alkyl halides is 3. The molecule has 0 aliphatic carbocycles. The lowest BCUT2D eigenvalue weighted by Gasteiger charge is -2.39. The van der Waals surface area contributed by atoms with Gasteiger partial charge in [0, 0.05) is 13.1 Å². The second-order valence-electron chi connectivity index (χ2n) is 3.61. The van der Waals surface area contributed by atoms with E-state index in [0.717, 1.165) is 0 Å². The van der Waals surface area contributed by atoms with E-state index in [1.165, 1.54) is 0 Å². The van der Waals surface area contributed by atoms with Crippen molar-refractivity contribution in [1.29, 1.82) is 0 Å². The van der Waals surface area contributed by atoms with Crippen molar-refractivity contribution in [2.75, 3.05) is 18.8 Å². The van der Waals surface area contributed by atoms with E-state index in [2.05, 4.69) is 0 Å². The van der Waals surface area contributed by atoms with E-state index in [1.54, 1.807) is 0 Å². The Balaban J connectivity index is 2.31. The van der Waals surface area contributed by atoms with E-state index < -0.39 is 28.1 Å². The first-order valence-corrected chi connectivity index (χ1v) is 5.93. The molecule has 1 aliphatic rings. The summed E-state index contributed by atoms with van der Waals surface area (Å²) in [5.74, 6) is -3.03. The first-order chi connectivity index (χ1) is 7.09. The molecule has 1 amide bonds. The van der Waals surface area contributed by atoms with Crippen LogP contribution < -0.4 is 0 Å². The van der Waals surface area contributed by atoms with E-state index >= 15 is 0 Å². The maximum atomic E-state index is 12.1. The summed E-state index contributed by atoms with van der Waals surface area (Å²) in [4.78, 5) is 11.2. The molecule has 0 saturated carbocycles. The highest BCUT2D eigenvalue weighted by atomic mass is 32.3. The van der Waals surface area contributed by atoms with Gasteiger partial charge in [0.2, 0.25) is 0 Å². The predicted octanol–water partition coefficient (Wildman–Crippen LogP) is 0.697. The van der Waals surface area contributed by atoms with Crippen molar-refractivity contribution in [3.05, 3.63) is 0 Å². The Bertz CT molecular complexity index is 372. The fourth-order valence-electron chi connectivity index (χ4n) is 1.40. The highest BCUT2D eigenvalue weighted by Gasteiger charge is 2.46. The molecule has 1 heterocycles. The van der Waals surface area contributed by atoms with Crippen molar-refractivity contribution in [3.8, 4) is 0 Å². The second-order valence-corrected chi connectivity index (χ2v) is 5.09. The van der Waals surface area contributed by atoms with Crippen LogP contribution in [0.1, 0.15) is 6.42 Å². The van der Waals surface area contributed by atoms with Crippen molar-refractivity contribution >= 4 is 16.1 Å². The van der Waals surface area contributed by atoms with Crippen LogP contribution in [0.2, 0.25) is 0 Å². The van der Waals surface area contributed by atoms with Crippen molar-refractivity contribution in [3.63, 3.8) is 0 Å². The van der Waals surface area contributed by atoms with Gasteiger partial charge in [-0.05, 0) is 12.3 Å². The van der Waals surface area contributed by atoms with Crippen LogP contribution in [0.3, 0.4) is 0 Å². The third-order valence-electron chi connectivity index (χ3n) is 2.26. The lowest BCUT2D eigenvalue weighted by molar-refractivity contribution is -0.191. The monoisotopic (exact) mass is 263 g/mol. The summed E-state index contributed by atoms with van der Waals surface area (Å²) in [6, 6.07) is 0. The standard InChI is InChI=1S/C7H9F4NO3S/c8-7(9,10)6(13)12-3-5(4-12)1-2-16(11,14)15/h5H,1-4H2. The number of amides is 1. The van der Waals surface area contributed by atoms with Crippen LogP contribution in [0.25, 0.3) is 0 Å². The van der Waals surface area contributed by atoms with Gasteiger partial charge in [0.05, 0.1) is 5.75 Å². The van der Waals surface area contributed by atoms with Gasteiger partial charge in [-0.3, -0.25) is 4.79 Å². The van der Waals surface area contributed by atoms with Gasteiger partial charge in [0.15, 0.2) is 0 Å². The van der Waals surface area contributed by atoms with Gasteiger partial charge in [-0.25, -0.2) is 0 Å². The van der Waals surface area contributed by atoms with Crippen LogP contribution in [0.15, 0.2) is 0 Å². The molecule has 16 heavy (non-hydrogen) atoms. The molecule has 1 aliphatic heterocycles. The lowest BCUT2D eigenvalue weighted by Crippen LogP contribution is -2.54. The Kier molecular flexibility index (Phi) is 3.46. The number of nitrogens with zero attached hydrogens (tertiary/aromatic N) is 1. The van der Waals surface area contributed by atoms with E-state index in [0.29, 0.717) is 4.90 Å². The second kappa shape index (κ2) is 4.19. The Morgan fingerprint density at radius 2 is 1.81 bits per heavy atom.